The molecule has 0 radical (unpaired) electrons. The molecule has 2 nitrogen and oxygen atoms in total. The number of Topliss-reactive ketones (excluding diaryl/α,β-unsaturated/α-hetero) is 2. The van der Waals surface area contributed by atoms with Crippen molar-refractivity contribution in [1.29, 1.82) is 0 Å². The summed E-state index contributed by atoms with van der Waals surface area (Å²) >= 11 is 0. The van der Waals surface area contributed by atoms with Crippen LogP contribution in [0.5, 0.6) is 0 Å². The Hall–Kier alpha value is -0.660. The Bertz CT molecular complexity index is 220. The highest BCUT2D eigenvalue weighted by molar-refractivity contribution is 5.78. The van der Waals surface area contributed by atoms with E-state index in [4.69, 9.17) is 0 Å². The Kier molecular flexibility index (Phi) is 14.3. The first-order valence-electron chi connectivity index (χ1n) is 8.74. The molecule has 118 valence electrons. The second-order valence-electron chi connectivity index (χ2n) is 5.91. The summed E-state index contributed by atoms with van der Waals surface area (Å²) in [6.45, 7) is 4.32. The molecule has 0 saturated carbocycles. The zero-order valence-corrected chi connectivity index (χ0v) is 13.7. The van der Waals surface area contributed by atoms with Gasteiger partial charge in [-0.1, -0.05) is 52.4 Å². The van der Waals surface area contributed by atoms with Crippen LogP contribution in [0.2, 0.25) is 0 Å². The predicted octanol–water partition coefficient (Wildman–Crippen LogP) is 5.63. The van der Waals surface area contributed by atoms with Crippen molar-refractivity contribution >= 4 is 11.6 Å². The van der Waals surface area contributed by atoms with Crippen LogP contribution in [0.4, 0.5) is 0 Å². The highest BCUT2D eigenvalue weighted by Gasteiger charge is 2.03. The fraction of sp³-hybridized carbons (Fsp3) is 0.889. The minimum Gasteiger partial charge on any atom is -0.300 e. The summed E-state index contributed by atoms with van der Waals surface area (Å²) in [7, 11) is 0. The van der Waals surface area contributed by atoms with Gasteiger partial charge >= 0.3 is 0 Å². The molecule has 0 spiro atoms. The van der Waals surface area contributed by atoms with E-state index in [9.17, 15) is 9.59 Å². The van der Waals surface area contributed by atoms with E-state index in [0.717, 1.165) is 64.2 Å². The van der Waals surface area contributed by atoms with E-state index in [1.165, 1.54) is 25.7 Å². The molecule has 0 aromatic rings. The van der Waals surface area contributed by atoms with Crippen LogP contribution in [0, 0.1) is 0 Å². The van der Waals surface area contributed by atoms with Crippen molar-refractivity contribution < 1.29 is 9.59 Å². The van der Waals surface area contributed by atoms with Gasteiger partial charge in [0.1, 0.15) is 11.6 Å². The molecule has 0 heterocycles. The Morgan fingerprint density at radius 3 is 1.10 bits per heavy atom. The van der Waals surface area contributed by atoms with Crippen molar-refractivity contribution in [3.63, 3.8) is 0 Å². The van der Waals surface area contributed by atoms with Crippen LogP contribution < -0.4 is 0 Å². The number of unbranched alkanes of at least 4 members (excludes halogenated alkanes) is 7. The quantitative estimate of drug-likeness (QED) is 0.365. The van der Waals surface area contributed by atoms with Crippen molar-refractivity contribution in [3.8, 4) is 0 Å². The predicted molar refractivity (Wildman–Crippen MR) is 86.0 cm³/mol. The second-order valence-corrected chi connectivity index (χ2v) is 5.91. The number of hydrogen-bond donors (Lipinski definition) is 0. The lowest BCUT2D eigenvalue weighted by Gasteiger charge is -2.02. The van der Waals surface area contributed by atoms with Gasteiger partial charge in [-0.05, 0) is 25.7 Å². The molecular formula is C18H34O2. The third kappa shape index (κ3) is 13.8. The fourth-order valence-electron chi connectivity index (χ4n) is 2.39. The van der Waals surface area contributed by atoms with E-state index >= 15 is 0 Å². The van der Waals surface area contributed by atoms with Crippen LogP contribution >= 0.6 is 0 Å². The molecule has 0 aliphatic rings. The number of hydrogen-bond acceptors (Lipinski definition) is 2. The zero-order valence-electron chi connectivity index (χ0n) is 13.7. The maximum absolute atomic E-state index is 11.6. The van der Waals surface area contributed by atoms with Gasteiger partial charge in [0.15, 0.2) is 0 Å². The summed E-state index contributed by atoms with van der Waals surface area (Å²) in [6, 6.07) is 0. The van der Waals surface area contributed by atoms with Crippen molar-refractivity contribution in [1.82, 2.24) is 0 Å². The molecule has 0 bridgehead atoms. The van der Waals surface area contributed by atoms with E-state index < -0.39 is 0 Å². The molecule has 0 aliphatic carbocycles. The van der Waals surface area contributed by atoms with Crippen molar-refractivity contribution in [2.45, 2.75) is 104 Å². The van der Waals surface area contributed by atoms with Gasteiger partial charge in [-0.3, -0.25) is 9.59 Å². The van der Waals surface area contributed by atoms with Crippen molar-refractivity contribution in [2.75, 3.05) is 0 Å². The van der Waals surface area contributed by atoms with Gasteiger partial charge in [0.2, 0.25) is 0 Å². The Morgan fingerprint density at radius 1 is 0.500 bits per heavy atom. The number of carbonyl (C=O) groups excluding carboxylic acids is 2. The van der Waals surface area contributed by atoms with Crippen LogP contribution in [0.15, 0.2) is 0 Å². The first-order chi connectivity index (χ1) is 9.70. The van der Waals surface area contributed by atoms with Gasteiger partial charge < -0.3 is 0 Å². The average molecular weight is 282 g/mol. The summed E-state index contributed by atoms with van der Waals surface area (Å²) in [5.74, 6) is 0.850. The Labute approximate surface area is 125 Å². The van der Waals surface area contributed by atoms with E-state index in [1.54, 1.807) is 0 Å². The SMILES string of the molecule is CCCCCC(=O)CCCCCCC(=O)CCCCC. The molecule has 0 atom stereocenters. The molecule has 0 aliphatic heterocycles. The van der Waals surface area contributed by atoms with E-state index in [2.05, 4.69) is 13.8 Å². The lowest BCUT2D eigenvalue weighted by Crippen LogP contribution is -1.99. The number of rotatable bonds is 15. The molecule has 0 unspecified atom stereocenters. The highest BCUT2D eigenvalue weighted by atomic mass is 16.1. The summed E-state index contributed by atoms with van der Waals surface area (Å²) in [6.07, 6.45) is 14.1. The maximum atomic E-state index is 11.6. The standard InChI is InChI=1S/C18H34O2/c1-3-5-9-13-17(19)15-11-7-8-12-16-18(20)14-10-6-4-2/h3-16H2,1-2H3. The first-order valence-corrected chi connectivity index (χ1v) is 8.74. The smallest absolute Gasteiger partial charge is 0.132 e. The molecule has 2 heteroatoms. The van der Waals surface area contributed by atoms with Crippen LogP contribution in [0.1, 0.15) is 104 Å². The van der Waals surface area contributed by atoms with Gasteiger partial charge in [0.25, 0.3) is 0 Å². The molecule has 0 saturated heterocycles. The Balaban J connectivity index is 3.27. The lowest BCUT2D eigenvalue weighted by molar-refractivity contribution is -0.120. The van der Waals surface area contributed by atoms with E-state index in [-0.39, 0.29) is 0 Å². The minimum absolute atomic E-state index is 0.425. The molecule has 0 N–H and O–H groups in total. The molecule has 0 aromatic carbocycles. The van der Waals surface area contributed by atoms with Gasteiger partial charge in [-0.15, -0.1) is 0 Å². The van der Waals surface area contributed by atoms with E-state index in [1.807, 2.05) is 0 Å². The third-order valence-corrected chi connectivity index (χ3v) is 3.78. The normalized spacial score (nSPS) is 10.7. The molecule has 20 heavy (non-hydrogen) atoms. The largest absolute Gasteiger partial charge is 0.300 e. The van der Waals surface area contributed by atoms with Gasteiger partial charge in [-0.2, -0.15) is 0 Å². The van der Waals surface area contributed by atoms with Gasteiger partial charge in [0, 0.05) is 25.7 Å². The van der Waals surface area contributed by atoms with Gasteiger partial charge in [-0.25, -0.2) is 0 Å². The van der Waals surface area contributed by atoms with Crippen LogP contribution in [-0.4, -0.2) is 11.6 Å². The number of carbonyl (C=O) groups is 2. The molecule has 0 fully saturated rings. The second kappa shape index (κ2) is 14.7. The van der Waals surface area contributed by atoms with Crippen LogP contribution in [0.25, 0.3) is 0 Å². The van der Waals surface area contributed by atoms with Gasteiger partial charge in [0.05, 0.1) is 0 Å². The first kappa shape index (κ1) is 19.3. The van der Waals surface area contributed by atoms with Crippen LogP contribution in [-0.2, 0) is 9.59 Å². The summed E-state index contributed by atoms with van der Waals surface area (Å²) in [5.41, 5.74) is 0. The Morgan fingerprint density at radius 2 is 0.800 bits per heavy atom. The lowest BCUT2D eigenvalue weighted by atomic mass is 10.0. The van der Waals surface area contributed by atoms with Crippen molar-refractivity contribution in [2.24, 2.45) is 0 Å². The highest BCUT2D eigenvalue weighted by Crippen LogP contribution is 2.10. The topological polar surface area (TPSA) is 34.1 Å². The summed E-state index contributed by atoms with van der Waals surface area (Å²) in [5, 5.41) is 0. The molecular weight excluding hydrogens is 248 g/mol. The molecule has 0 amide bonds. The maximum Gasteiger partial charge on any atom is 0.132 e. The molecule has 0 aromatic heterocycles. The monoisotopic (exact) mass is 282 g/mol. The molecule has 0 rings (SSSR count). The average Bonchev–Trinajstić information content (AvgIpc) is 2.43. The van der Waals surface area contributed by atoms with Crippen LogP contribution in [0.3, 0.4) is 0 Å². The summed E-state index contributed by atoms with van der Waals surface area (Å²) < 4.78 is 0. The van der Waals surface area contributed by atoms with Crippen molar-refractivity contribution in [3.05, 3.63) is 0 Å². The third-order valence-electron chi connectivity index (χ3n) is 3.78. The number of ketones is 2. The summed E-state index contributed by atoms with van der Waals surface area (Å²) in [4.78, 5) is 23.1. The fourth-order valence-corrected chi connectivity index (χ4v) is 2.39. The van der Waals surface area contributed by atoms with E-state index in [0.29, 0.717) is 11.6 Å². The minimum atomic E-state index is 0.425. The zero-order chi connectivity index (χ0) is 15.1.